The van der Waals surface area contributed by atoms with Crippen LogP contribution in [0.4, 0.5) is 37.8 Å². The third kappa shape index (κ3) is 6.14. The summed E-state index contributed by atoms with van der Waals surface area (Å²) in [5.74, 6) is 0.144. The van der Waals surface area contributed by atoms with Gasteiger partial charge in [0.25, 0.3) is 5.56 Å². The van der Waals surface area contributed by atoms with Crippen LogP contribution in [0.2, 0.25) is 0 Å². The summed E-state index contributed by atoms with van der Waals surface area (Å²) in [6.45, 7) is 4.63. The Morgan fingerprint density at radius 3 is 2.32 bits per heavy atom. The van der Waals surface area contributed by atoms with Crippen LogP contribution in [0.5, 0.6) is 0 Å². The minimum atomic E-state index is -4.83. The lowest BCUT2D eigenvalue weighted by molar-refractivity contribution is -0.141. The second-order valence-electron chi connectivity index (χ2n) is 9.16. The van der Waals surface area contributed by atoms with E-state index in [4.69, 9.17) is 0 Å². The summed E-state index contributed by atoms with van der Waals surface area (Å²) in [5, 5.41) is 7.90. The number of anilines is 2. The van der Waals surface area contributed by atoms with Gasteiger partial charge in [-0.1, -0.05) is 0 Å². The van der Waals surface area contributed by atoms with Crippen LogP contribution in [-0.2, 0) is 17.1 Å². The number of amides is 1. The smallest absolute Gasteiger partial charge is 0.379 e. The number of aromatic nitrogens is 3. The second kappa shape index (κ2) is 10.2. The summed E-state index contributed by atoms with van der Waals surface area (Å²) in [6, 6.07) is 1.86. The number of alkyl halides is 6. The van der Waals surface area contributed by atoms with Crippen LogP contribution in [0.15, 0.2) is 29.3 Å². The Labute approximate surface area is 207 Å². The van der Waals surface area contributed by atoms with E-state index in [1.165, 1.54) is 6.07 Å². The first-order chi connectivity index (χ1) is 17.3. The monoisotopic (exact) mass is 533 g/mol. The zero-order chi connectivity index (χ0) is 27.0. The summed E-state index contributed by atoms with van der Waals surface area (Å²) in [7, 11) is 0. The van der Waals surface area contributed by atoms with Gasteiger partial charge < -0.3 is 15.1 Å². The molecule has 1 amide bonds. The molecule has 2 saturated heterocycles. The molecular weight excluding hydrogens is 508 g/mol. The van der Waals surface area contributed by atoms with Gasteiger partial charge in [-0.3, -0.25) is 14.5 Å². The van der Waals surface area contributed by atoms with Crippen molar-refractivity contribution >= 4 is 17.4 Å². The number of rotatable bonds is 6. The maximum Gasteiger partial charge on any atom is 0.423 e. The number of carbonyl (C=O) groups is 1. The largest absolute Gasteiger partial charge is 0.423 e. The fraction of sp³-hybridized carbons (Fsp3) is 0.545. The normalized spacial score (nSPS) is 18.5. The van der Waals surface area contributed by atoms with Crippen molar-refractivity contribution < 1.29 is 31.1 Å². The molecule has 15 heteroatoms. The van der Waals surface area contributed by atoms with E-state index in [1.54, 1.807) is 16.9 Å². The highest BCUT2D eigenvalue weighted by Gasteiger charge is 2.39. The molecule has 0 radical (unpaired) electrons. The number of aromatic amines is 1. The number of nitrogens with zero attached hydrogens (tertiary/aromatic N) is 5. The molecule has 2 aliphatic rings. The van der Waals surface area contributed by atoms with E-state index in [9.17, 15) is 35.9 Å². The highest BCUT2D eigenvalue weighted by Crippen LogP contribution is 2.32. The Morgan fingerprint density at radius 2 is 1.76 bits per heavy atom. The summed E-state index contributed by atoms with van der Waals surface area (Å²) < 4.78 is 77.8. The van der Waals surface area contributed by atoms with Crippen LogP contribution in [0.25, 0.3) is 0 Å². The molecular formula is C22H25F6N7O2. The molecule has 1 atom stereocenters. The molecule has 2 aromatic heterocycles. The second-order valence-corrected chi connectivity index (χ2v) is 9.16. The highest BCUT2D eigenvalue weighted by atomic mass is 19.4. The quantitative estimate of drug-likeness (QED) is 0.550. The standard InChI is InChI=1S/C22H25F6N7O2/c1-13(31-16-9-30-32-19(36)18(16)22(26,27)28)10-33-11-14(12-33)20(37)35-6-4-34(5-7-35)17-3-2-15(8-29-17)21(23,24)25/h2-3,8-9,13-14H,4-7,10-12H2,1H3,(H2,31,32,36)/t13-/m0/s1. The Morgan fingerprint density at radius 1 is 1.08 bits per heavy atom. The van der Waals surface area contributed by atoms with E-state index >= 15 is 0 Å². The van der Waals surface area contributed by atoms with Crippen molar-refractivity contribution in [3.05, 3.63) is 46.0 Å². The molecule has 0 aliphatic carbocycles. The third-order valence-corrected chi connectivity index (χ3v) is 6.37. The highest BCUT2D eigenvalue weighted by molar-refractivity contribution is 5.80. The first-order valence-corrected chi connectivity index (χ1v) is 11.5. The number of H-pyrrole nitrogens is 1. The maximum atomic E-state index is 13.2. The van der Waals surface area contributed by atoms with Crippen LogP contribution >= 0.6 is 0 Å². The molecule has 2 fully saturated rings. The SMILES string of the molecule is C[C@@H](CN1CC(C(=O)N2CCN(c3ccc(C(F)(F)F)cn3)CC2)C1)Nc1cn[nH]c(=O)c1C(F)(F)F. The van der Waals surface area contributed by atoms with Gasteiger partial charge in [0.2, 0.25) is 5.91 Å². The minimum Gasteiger partial charge on any atom is -0.379 e. The van der Waals surface area contributed by atoms with E-state index in [0.717, 1.165) is 18.5 Å². The number of hydrogen-bond acceptors (Lipinski definition) is 7. The van der Waals surface area contributed by atoms with Crippen LogP contribution in [0.3, 0.4) is 0 Å². The molecule has 2 N–H and O–H groups in total. The lowest BCUT2D eigenvalue weighted by Gasteiger charge is -2.43. The topological polar surface area (TPSA) is 97.5 Å². The van der Waals surface area contributed by atoms with E-state index in [0.29, 0.717) is 51.6 Å². The van der Waals surface area contributed by atoms with Gasteiger partial charge in [-0.05, 0) is 19.1 Å². The third-order valence-electron chi connectivity index (χ3n) is 6.37. The van der Waals surface area contributed by atoms with E-state index in [-0.39, 0.29) is 11.8 Å². The fourth-order valence-corrected chi connectivity index (χ4v) is 4.52. The molecule has 4 heterocycles. The number of hydrogen-bond donors (Lipinski definition) is 2. The van der Waals surface area contributed by atoms with Gasteiger partial charge in [0, 0.05) is 58.1 Å². The van der Waals surface area contributed by atoms with Crippen LogP contribution in [-0.4, -0.2) is 82.7 Å². The predicted molar refractivity (Wildman–Crippen MR) is 121 cm³/mol. The Balaban J connectivity index is 1.23. The van der Waals surface area contributed by atoms with Crippen molar-refractivity contribution in [2.75, 3.05) is 56.0 Å². The molecule has 4 rings (SSSR count). The first-order valence-electron chi connectivity index (χ1n) is 11.5. The van der Waals surface area contributed by atoms with E-state index in [1.807, 2.05) is 9.80 Å². The Hall–Kier alpha value is -3.36. The number of carbonyl (C=O) groups excluding carboxylic acids is 1. The fourth-order valence-electron chi connectivity index (χ4n) is 4.52. The Kier molecular flexibility index (Phi) is 7.35. The van der Waals surface area contributed by atoms with Gasteiger partial charge in [-0.15, -0.1) is 0 Å². The van der Waals surface area contributed by atoms with Crippen LogP contribution < -0.4 is 15.8 Å². The molecule has 0 aromatic carbocycles. The average molecular weight is 533 g/mol. The zero-order valence-corrected chi connectivity index (χ0v) is 19.7. The molecule has 202 valence electrons. The van der Waals surface area contributed by atoms with Crippen molar-refractivity contribution in [3.63, 3.8) is 0 Å². The van der Waals surface area contributed by atoms with Crippen molar-refractivity contribution in [2.24, 2.45) is 5.92 Å². The van der Waals surface area contributed by atoms with Gasteiger partial charge in [-0.2, -0.15) is 31.4 Å². The molecule has 0 saturated carbocycles. The molecule has 2 aromatic rings. The minimum absolute atomic E-state index is 0.0324. The zero-order valence-electron chi connectivity index (χ0n) is 19.7. The lowest BCUT2D eigenvalue weighted by atomic mass is 9.97. The summed E-state index contributed by atoms with van der Waals surface area (Å²) >= 11 is 0. The summed E-state index contributed by atoms with van der Waals surface area (Å²) in [6.07, 6.45) is -7.57. The molecule has 9 nitrogen and oxygen atoms in total. The summed E-state index contributed by atoms with van der Waals surface area (Å²) in [5.41, 5.74) is -3.89. The van der Waals surface area contributed by atoms with E-state index in [2.05, 4.69) is 15.4 Å². The van der Waals surface area contributed by atoms with Crippen molar-refractivity contribution in [1.82, 2.24) is 25.0 Å². The number of nitrogens with one attached hydrogen (secondary N) is 2. The van der Waals surface area contributed by atoms with Gasteiger partial charge in [0.15, 0.2) is 0 Å². The number of piperazine rings is 1. The maximum absolute atomic E-state index is 13.2. The molecule has 0 unspecified atom stereocenters. The number of likely N-dealkylation sites (tertiary alicyclic amines) is 1. The van der Waals surface area contributed by atoms with Crippen molar-refractivity contribution in [3.8, 4) is 0 Å². The predicted octanol–water partition coefficient (Wildman–Crippen LogP) is 2.28. The molecule has 0 bridgehead atoms. The number of halogens is 6. The molecule has 0 spiro atoms. The van der Waals surface area contributed by atoms with Crippen LogP contribution in [0, 0.1) is 5.92 Å². The van der Waals surface area contributed by atoms with Gasteiger partial charge in [-0.25, -0.2) is 10.1 Å². The van der Waals surface area contributed by atoms with Gasteiger partial charge >= 0.3 is 12.4 Å². The molecule has 37 heavy (non-hydrogen) atoms. The van der Waals surface area contributed by atoms with Crippen molar-refractivity contribution in [1.29, 1.82) is 0 Å². The van der Waals surface area contributed by atoms with Gasteiger partial charge in [0.05, 0.1) is 23.4 Å². The number of pyridine rings is 1. The van der Waals surface area contributed by atoms with E-state index < -0.39 is 40.8 Å². The first kappa shape index (κ1) is 26.7. The summed E-state index contributed by atoms with van der Waals surface area (Å²) in [4.78, 5) is 33.8. The van der Waals surface area contributed by atoms with Gasteiger partial charge in [0.1, 0.15) is 11.4 Å². The Bertz CT molecular complexity index is 1150. The lowest BCUT2D eigenvalue weighted by Crippen LogP contribution is -2.59. The van der Waals surface area contributed by atoms with Crippen molar-refractivity contribution in [2.45, 2.75) is 25.3 Å². The van der Waals surface area contributed by atoms with Crippen LogP contribution in [0.1, 0.15) is 18.1 Å². The molecule has 2 aliphatic heterocycles. The average Bonchev–Trinajstić information content (AvgIpc) is 2.79.